The van der Waals surface area contributed by atoms with E-state index in [0.29, 0.717) is 0 Å². The quantitative estimate of drug-likeness (QED) is 0.868. The fourth-order valence-corrected chi connectivity index (χ4v) is 2.35. The highest BCUT2D eigenvalue weighted by molar-refractivity contribution is 7.03. The maximum absolute atomic E-state index is 4.50. The van der Waals surface area contributed by atoms with Gasteiger partial charge in [-0.2, -0.15) is 0 Å². The van der Waals surface area contributed by atoms with Gasteiger partial charge in [0.25, 0.3) is 0 Å². The van der Waals surface area contributed by atoms with E-state index in [1.54, 1.807) is 0 Å². The Kier molecular flexibility index (Phi) is 4.78. The highest BCUT2D eigenvalue weighted by Crippen LogP contribution is 2.16. The van der Waals surface area contributed by atoms with Gasteiger partial charge in [0.2, 0.25) is 0 Å². The molecule has 0 aliphatic carbocycles. The summed E-state index contributed by atoms with van der Waals surface area (Å²) in [6.45, 7) is 5.15. The predicted molar refractivity (Wildman–Crippen MR) is 73.6 cm³/mol. The number of nitrogens with zero attached hydrogens (tertiary/aromatic N) is 3. The Morgan fingerprint density at radius 1 is 1.33 bits per heavy atom. The zero-order chi connectivity index (χ0) is 12.8. The lowest BCUT2D eigenvalue weighted by molar-refractivity contribution is 0.530. The Morgan fingerprint density at radius 3 is 2.78 bits per heavy atom. The molecule has 2 heterocycles. The molecule has 1 N–H and O–H groups in total. The molecule has 1 unspecified atom stereocenters. The number of nitrogens with one attached hydrogen (secondary N) is 1. The van der Waals surface area contributed by atoms with Gasteiger partial charge < -0.3 is 5.32 Å². The molecule has 0 fully saturated rings. The van der Waals surface area contributed by atoms with E-state index in [0.717, 1.165) is 30.8 Å². The third-order valence-electron chi connectivity index (χ3n) is 2.89. The first-order valence-electron chi connectivity index (χ1n) is 6.27. The van der Waals surface area contributed by atoms with Gasteiger partial charge in [-0.1, -0.05) is 24.4 Å². The van der Waals surface area contributed by atoms with E-state index < -0.39 is 0 Å². The normalized spacial score (nSPS) is 12.6. The fourth-order valence-electron chi connectivity index (χ4n) is 1.85. The van der Waals surface area contributed by atoms with Crippen LogP contribution in [0.15, 0.2) is 23.7 Å². The molecular formula is C13H18N4S. The average molecular weight is 262 g/mol. The summed E-state index contributed by atoms with van der Waals surface area (Å²) in [5.41, 5.74) is 3.36. The van der Waals surface area contributed by atoms with E-state index in [1.165, 1.54) is 17.1 Å². The van der Waals surface area contributed by atoms with Crippen LogP contribution in [0.5, 0.6) is 0 Å². The summed E-state index contributed by atoms with van der Waals surface area (Å²) in [7, 11) is 0. The number of hydrogen-bond acceptors (Lipinski definition) is 5. The lowest BCUT2D eigenvalue weighted by Gasteiger charge is -2.14. The van der Waals surface area contributed by atoms with Gasteiger partial charge in [0.15, 0.2) is 0 Å². The van der Waals surface area contributed by atoms with Gasteiger partial charge in [-0.15, -0.1) is 5.10 Å². The maximum Gasteiger partial charge on any atom is 0.0928 e. The summed E-state index contributed by atoms with van der Waals surface area (Å²) in [5.74, 6) is 0. The van der Waals surface area contributed by atoms with E-state index in [9.17, 15) is 0 Å². The Bertz CT molecular complexity index is 452. The van der Waals surface area contributed by atoms with Crippen molar-refractivity contribution in [2.24, 2.45) is 0 Å². The van der Waals surface area contributed by atoms with E-state index >= 15 is 0 Å². The Balaban J connectivity index is 2.08. The minimum absolute atomic E-state index is 0.203. The molecule has 2 aromatic rings. The second kappa shape index (κ2) is 6.56. The molecule has 18 heavy (non-hydrogen) atoms. The van der Waals surface area contributed by atoms with Gasteiger partial charge >= 0.3 is 0 Å². The van der Waals surface area contributed by atoms with Gasteiger partial charge in [0.05, 0.1) is 11.7 Å². The van der Waals surface area contributed by atoms with Crippen molar-refractivity contribution in [3.63, 3.8) is 0 Å². The van der Waals surface area contributed by atoms with Crippen LogP contribution in [-0.4, -0.2) is 21.1 Å². The minimum Gasteiger partial charge on any atom is -0.308 e. The van der Waals surface area contributed by atoms with Crippen molar-refractivity contribution in [2.75, 3.05) is 6.54 Å². The third kappa shape index (κ3) is 3.34. The Morgan fingerprint density at radius 2 is 2.22 bits per heavy atom. The van der Waals surface area contributed by atoms with E-state index in [-0.39, 0.29) is 6.04 Å². The molecule has 1 atom stereocenters. The Hall–Kier alpha value is -1.33. The number of rotatable bonds is 6. The van der Waals surface area contributed by atoms with Crippen LogP contribution in [0.2, 0.25) is 0 Å². The van der Waals surface area contributed by atoms with E-state index in [1.807, 2.05) is 11.6 Å². The van der Waals surface area contributed by atoms with Crippen LogP contribution in [0.25, 0.3) is 0 Å². The van der Waals surface area contributed by atoms with Crippen LogP contribution in [0.1, 0.15) is 36.8 Å². The molecule has 0 radical (unpaired) electrons. The summed E-state index contributed by atoms with van der Waals surface area (Å²) < 4.78 is 3.93. The lowest BCUT2D eigenvalue weighted by atomic mass is 10.1. The third-order valence-corrected chi connectivity index (χ3v) is 3.41. The van der Waals surface area contributed by atoms with Crippen molar-refractivity contribution >= 4 is 11.5 Å². The highest BCUT2D eigenvalue weighted by Gasteiger charge is 2.14. The first-order valence-corrected chi connectivity index (χ1v) is 7.11. The molecule has 2 aromatic heterocycles. The largest absolute Gasteiger partial charge is 0.308 e. The van der Waals surface area contributed by atoms with Crippen molar-refractivity contribution in [3.8, 4) is 0 Å². The van der Waals surface area contributed by atoms with E-state index in [2.05, 4.69) is 45.9 Å². The molecule has 96 valence electrons. The average Bonchev–Trinajstić information content (AvgIpc) is 2.93. The van der Waals surface area contributed by atoms with Crippen molar-refractivity contribution in [1.29, 1.82) is 0 Å². The van der Waals surface area contributed by atoms with Crippen molar-refractivity contribution < 1.29 is 0 Å². The van der Waals surface area contributed by atoms with Crippen molar-refractivity contribution in [1.82, 2.24) is 19.9 Å². The summed E-state index contributed by atoms with van der Waals surface area (Å²) in [4.78, 5) is 4.50. The maximum atomic E-state index is 4.50. The van der Waals surface area contributed by atoms with Gasteiger partial charge in [-0.05, 0) is 36.1 Å². The minimum atomic E-state index is 0.203. The molecule has 5 heteroatoms. The summed E-state index contributed by atoms with van der Waals surface area (Å²) in [5, 5.41) is 9.56. The van der Waals surface area contributed by atoms with Crippen LogP contribution in [0, 0.1) is 0 Å². The molecule has 0 aromatic carbocycles. The highest BCUT2D eigenvalue weighted by atomic mass is 32.1. The zero-order valence-electron chi connectivity index (χ0n) is 10.8. The number of aryl methyl sites for hydroxylation is 1. The number of hydrogen-bond donors (Lipinski definition) is 1. The van der Waals surface area contributed by atoms with E-state index in [4.69, 9.17) is 0 Å². The molecule has 0 aliphatic rings. The lowest BCUT2D eigenvalue weighted by Crippen LogP contribution is -2.23. The van der Waals surface area contributed by atoms with Gasteiger partial charge in [-0.3, -0.25) is 4.98 Å². The van der Waals surface area contributed by atoms with Crippen LogP contribution in [0.3, 0.4) is 0 Å². The van der Waals surface area contributed by atoms with Crippen LogP contribution < -0.4 is 5.32 Å². The molecule has 2 rings (SSSR count). The first-order chi connectivity index (χ1) is 8.83. The molecule has 4 nitrogen and oxygen atoms in total. The molecule has 0 saturated carbocycles. The Labute approximate surface area is 112 Å². The standard InChI is InChI=1S/C13H18N4S/c1-3-10-5-6-11(15-8-10)7-12(14-4-2)13-9-18-17-16-13/h5-6,8-9,12,14H,3-4,7H2,1-2H3. The predicted octanol–water partition coefficient (Wildman–Crippen LogP) is 2.39. The molecule has 0 saturated heterocycles. The smallest absolute Gasteiger partial charge is 0.0928 e. The number of aromatic nitrogens is 3. The summed E-state index contributed by atoms with van der Waals surface area (Å²) in [6, 6.07) is 4.45. The number of pyridine rings is 1. The summed E-state index contributed by atoms with van der Waals surface area (Å²) in [6.07, 6.45) is 3.83. The second-order valence-corrected chi connectivity index (χ2v) is 4.77. The van der Waals surface area contributed by atoms with Crippen LogP contribution >= 0.6 is 11.5 Å². The van der Waals surface area contributed by atoms with Crippen molar-refractivity contribution in [2.45, 2.75) is 32.7 Å². The molecule has 0 spiro atoms. The first kappa shape index (κ1) is 13.1. The van der Waals surface area contributed by atoms with Gasteiger partial charge in [0.1, 0.15) is 0 Å². The topological polar surface area (TPSA) is 50.7 Å². The number of likely N-dealkylation sites (N-methyl/N-ethyl adjacent to an activating group) is 1. The van der Waals surface area contributed by atoms with Crippen molar-refractivity contribution in [3.05, 3.63) is 40.7 Å². The van der Waals surface area contributed by atoms with Gasteiger partial charge in [0, 0.05) is 23.7 Å². The fraction of sp³-hybridized carbons (Fsp3) is 0.462. The second-order valence-electron chi connectivity index (χ2n) is 4.16. The molecule has 0 amide bonds. The molecule has 0 aliphatic heterocycles. The molecule has 0 bridgehead atoms. The van der Waals surface area contributed by atoms with Crippen LogP contribution in [-0.2, 0) is 12.8 Å². The molecular weight excluding hydrogens is 244 g/mol. The summed E-state index contributed by atoms with van der Waals surface area (Å²) >= 11 is 1.39. The zero-order valence-corrected chi connectivity index (χ0v) is 11.6. The van der Waals surface area contributed by atoms with Crippen LogP contribution in [0.4, 0.5) is 0 Å². The van der Waals surface area contributed by atoms with Gasteiger partial charge in [-0.25, -0.2) is 0 Å². The monoisotopic (exact) mass is 262 g/mol. The SMILES string of the molecule is CCNC(Cc1ccc(CC)cn1)c1csnn1.